The highest BCUT2D eigenvalue weighted by atomic mass is 35.5. The number of rotatable bonds is 3. The van der Waals surface area contributed by atoms with E-state index in [0.717, 1.165) is 0 Å². The van der Waals surface area contributed by atoms with E-state index in [2.05, 4.69) is 4.98 Å². The molecular weight excluding hydrogens is 378 g/mol. The number of hydrogen-bond donors (Lipinski definition) is 3. The molecule has 1 aliphatic heterocycles. The molecule has 0 aliphatic carbocycles. The molecule has 1 fully saturated rings. The summed E-state index contributed by atoms with van der Waals surface area (Å²) in [4.78, 5) is 4.19. The summed E-state index contributed by atoms with van der Waals surface area (Å²) >= 11 is 5.50. The fourth-order valence-electron chi connectivity index (χ4n) is 2.29. The minimum atomic E-state index is -1.54. The molecule has 9 heteroatoms. The topological polar surface area (TPSA) is 118 Å². The molecule has 1 aromatic carbocycles. The molecule has 138 valence electrons. The first-order chi connectivity index (χ1) is 12.4. The van der Waals surface area contributed by atoms with Crippen molar-refractivity contribution in [1.29, 1.82) is 5.26 Å². The number of aromatic nitrogens is 1. The number of phenolic OH excluding ortho intramolecular Hbond substituents is 1. The molecule has 1 aromatic heterocycles. The van der Waals surface area contributed by atoms with Gasteiger partial charge in [-0.05, 0) is 42.8 Å². The molecule has 0 amide bonds. The average molecular weight is 396 g/mol. The Kier molecular flexibility index (Phi) is 7.08. The van der Waals surface area contributed by atoms with Gasteiger partial charge in [0.15, 0.2) is 5.69 Å². The average Bonchev–Trinajstić information content (AvgIpc) is 3.07. The molecule has 0 bridgehead atoms. The first-order valence-electron chi connectivity index (χ1n) is 7.68. The molecule has 0 radical (unpaired) electrons. The minimum Gasteiger partial charge on any atom is -0.508 e. The van der Waals surface area contributed by atoms with E-state index in [1.807, 2.05) is 6.07 Å². The highest BCUT2D eigenvalue weighted by Crippen LogP contribution is 2.25. The lowest BCUT2D eigenvalue weighted by Gasteiger charge is -2.20. The van der Waals surface area contributed by atoms with Crippen LogP contribution < -0.4 is 0 Å². The van der Waals surface area contributed by atoms with Crippen LogP contribution in [0.3, 0.4) is 0 Å². The van der Waals surface area contributed by atoms with Gasteiger partial charge in [0, 0.05) is 24.3 Å². The number of hydrogen-bond acceptors (Lipinski definition) is 6. The van der Waals surface area contributed by atoms with Crippen LogP contribution in [0.5, 0.6) is 5.75 Å². The maximum Gasteiger partial charge on any atom is 0.157 e. The summed E-state index contributed by atoms with van der Waals surface area (Å²) < 4.78 is 13.8. The Labute approximate surface area is 158 Å². The van der Waals surface area contributed by atoms with Crippen molar-refractivity contribution in [2.45, 2.75) is 16.9 Å². The Morgan fingerprint density at radius 3 is 2.58 bits per heavy atom. The fraction of sp³-hybridized carbons (Fsp3) is 0.294. The second-order valence-electron chi connectivity index (χ2n) is 5.68. The third kappa shape index (κ3) is 5.24. The largest absolute Gasteiger partial charge is 0.508 e. The summed E-state index contributed by atoms with van der Waals surface area (Å²) in [5.74, 6) is 0.245. The zero-order valence-corrected chi connectivity index (χ0v) is 15.3. The Balaban J connectivity index is 0.000000254. The molecule has 1 saturated heterocycles. The van der Waals surface area contributed by atoms with Crippen LogP contribution in [-0.4, -0.2) is 54.1 Å². The highest BCUT2D eigenvalue weighted by Gasteiger charge is 2.38. The number of aliphatic hydroxyl groups is 2. The summed E-state index contributed by atoms with van der Waals surface area (Å²) in [6.07, 6.45) is 1.82. The number of aromatic hydroxyl groups is 1. The predicted molar refractivity (Wildman–Crippen MR) is 96.7 cm³/mol. The number of benzene rings is 1. The number of β-amino-alcohol motifs (C(OH)–C–C–N with tert-alkyl or cyclic N) is 1. The van der Waals surface area contributed by atoms with Crippen molar-refractivity contribution in [3.05, 3.63) is 53.3 Å². The van der Waals surface area contributed by atoms with Crippen molar-refractivity contribution in [2.24, 2.45) is 0 Å². The third-order valence-electron chi connectivity index (χ3n) is 3.72. The van der Waals surface area contributed by atoms with E-state index in [9.17, 15) is 9.32 Å². The first-order valence-corrected chi connectivity index (χ1v) is 9.17. The second kappa shape index (κ2) is 9.07. The Hall–Kier alpha value is -2.02. The van der Waals surface area contributed by atoms with Crippen LogP contribution in [-0.2, 0) is 11.0 Å². The molecule has 2 atom stereocenters. The molecule has 0 spiro atoms. The number of nitrogens with zero attached hydrogens (tertiary/aromatic N) is 3. The maximum absolute atomic E-state index is 12.3. The molecule has 2 heterocycles. The minimum absolute atomic E-state index is 0.121. The fourth-order valence-corrected chi connectivity index (χ4v) is 3.76. The molecule has 26 heavy (non-hydrogen) atoms. The summed E-state index contributed by atoms with van der Waals surface area (Å²) in [7, 11) is -1.54. The van der Waals surface area contributed by atoms with Gasteiger partial charge in [0.05, 0.1) is 11.5 Å². The molecule has 3 N–H and O–H groups in total. The van der Waals surface area contributed by atoms with Gasteiger partial charge in [-0.2, -0.15) is 5.26 Å². The van der Waals surface area contributed by atoms with Crippen LogP contribution in [0.4, 0.5) is 0 Å². The summed E-state index contributed by atoms with van der Waals surface area (Å²) in [5, 5.41) is 37.2. The van der Waals surface area contributed by atoms with Crippen molar-refractivity contribution in [1.82, 2.24) is 9.29 Å². The van der Waals surface area contributed by atoms with Crippen LogP contribution in [0, 0.1) is 11.3 Å². The maximum atomic E-state index is 12.3. The Morgan fingerprint density at radius 2 is 2.04 bits per heavy atom. The summed E-state index contributed by atoms with van der Waals surface area (Å²) in [5.41, 5.74) is -1.08. The van der Waals surface area contributed by atoms with Crippen molar-refractivity contribution < 1.29 is 19.5 Å². The van der Waals surface area contributed by atoms with Crippen LogP contribution in [0.1, 0.15) is 12.1 Å². The smallest absolute Gasteiger partial charge is 0.157 e. The quantitative estimate of drug-likeness (QED) is 0.724. The van der Waals surface area contributed by atoms with E-state index in [-0.39, 0.29) is 24.6 Å². The van der Waals surface area contributed by atoms with Gasteiger partial charge in [-0.1, -0.05) is 11.6 Å². The third-order valence-corrected chi connectivity index (χ3v) is 5.46. The number of nitriles is 1. The number of halogens is 1. The van der Waals surface area contributed by atoms with Gasteiger partial charge in [0.1, 0.15) is 28.4 Å². The number of pyridine rings is 1. The molecule has 1 aliphatic rings. The molecule has 0 saturated carbocycles. The van der Waals surface area contributed by atoms with Crippen LogP contribution in [0.25, 0.3) is 0 Å². The van der Waals surface area contributed by atoms with Crippen LogP contribution >= 0.6 is 11.6 Å². The van der Waals surface area contributed by atoms with E-state index in [1.54, 1.807) is 36.4 Å². The zero-order chi connectivity index (χ0) is 19.2. The van der Waals surface area contributed by atoms with Crippen LogP contribution in [0.15, 0.2) is 47.5 Å². The lowest BCUT2D eigenvalue weighted by atomic mass is 10.1. The van der Waals surface area contributed by atoms with Gasteiger partial charge in [-0.25, -0.2) is 13.5 Å². The summed E-state index contributed by atoms with van der Waals surface area (Å²) in [6, 6.07) is 11.4. The number of phenols is 1. The van der Waals surface area contributed by atoms with Gasteiger partial charge in [0.2, 0.25) is 0 Å². The van der Waals surface area contributed by atoms with Gasteiger partial charge in [0.25, 0.3) is 0 Å². The normalized spacial score (nSPS) is 20.7. The van der Waals surface area contributed by atoms with Crippen molar-refractivity contribution in [3.8, 4) is 11.8 Å². The Bertz CT molecular complexity index is 791. The van der Waals surface area contributed by atoms with Crippen molar-refractivity contribution >= 4 is 22.6 Å². The van der Waals surface area contributed by atoms with E-state index >= 15 is 0 Å². The van der Waals surface area contributed by atoms with E-state index in [4.69, 9.17) is 27.1 Å². The monoisotopic (exact) mass is 395 g/mol. The molecule has 7 nitrogen and oxygen atoms in total. The molecule has 3 rings (SSSR count). The molecular formula is C17H18ClN3O4S. The van der Waals surface area contributed by atoms with E-state index < -0.39 is 16.6 Å². The lowest BCUT2D eigenvalue weighted by molar-refractivity contribution is -0.000504. The molecule has 2 aromatic rings. The predicted octanol–water partition coefficient (Wildman–Crippen LogP) is 1.45. The SMILES string of the molecule is N#Cc1ncccc1S(=O)N1CCC(O)(CO)C1.Oc1ccc(Cl)cc1. The van der Waals surface area contributed by atoms with E-state index in [0.29, 0.717) is 22.9 Å². The van der Waals surface area contributed by atoms with Gasteiger partial charge < -0.3 is 15.3 Å². The highest BCUT2D eigenvalue weighted by molar-refractivity contribution is 7.82. The van der Waals surface area contributed by atoms with Crippen LogP contribution in [0.2, 0.25) is 5.02 Å². The van der Waals surface area contributed by atoms with E-state index in [1.165, 1.54) is 10.5 Å². The number of aliphatic hydroxyl groups excluding tert-OH is 1. The Morgan fingerprint density at radius 1 is 1.35 bits per heavy atom. The van der Waals surface area contributed by atoms with Gasteiger partial charge in [-0.3, -0.25) is 0 Å². The molecule has 2 unspecified atom stereocenters. The van der Waals surface area contributed by atoms with Gasteiger partial charge >= 0.3 is 0 Å². The van der Waals surface area contributed by atoms with Crippen molar-refractivity contribution in [3.63, 3.8) is 0 Å². The van der Waals surface area contributed by atoms with Crippen molar-refractivity contribution in [2.75, 3.05) is 19.7 Å². The zero-order valence-electron chi connectivity index (χ0n) is 13.7. The standard InChI is InChI=1S/C11H13N3O3S.C6H5ClO/c12-6-9-10(2-1-4-13-9)18(17)14-5-3-11(16,7-14)8-15;7-5-1-3-6(8)4-2-5/h1-2,4,15-16H,3,5,7-8H2;1-4,8H. The first kappa shape index (κ1) is 20.3. The lowest BCUT2D eigenvalue weighted by Crippen LogP contribution is -2.37. The second-order valence-corrected chi connectivity index (χ2v) is 7.57. The summed E-state index contributed by atoms with van der Waals surface area (Å²) in [6.45, 7) is 0.165. The van der Waals surface area contributed by atoms with Gasteiger partial charge in [-0.15, -0.1) is 0 Å².